The lowest BCUT2D eigenvalue weighted by Gasteiger charge is -2.29. The van der Waals surface area contributed by atoms with E-state index in [1.165, 1.54) is 12.0 Å². The first-order valence-electron chi connectivity index (χ1n) is 5.84. The van der Waals surface area contributed by atoms with Crippen LogP contribution in [0.4, 0.5) is 4.79 Å². The van der Waals surface area contributed by atoms with Gasteiger partial charge < -0.3 is 9.64 Å². The second-order valence-electron chi connectivity index (χ2n) is 5.06. The van der Waals surface area contributed by atoms with Crippen molar-refractivity contribution in [1.82, 2.24) is 10.4 Å². The Morgan fingerprint density at radius 1 is 1.39 bits per heavy atom. The van der Waals surface area contributed by atoms with E-state index in [0.29, 0.717) is 18.5 Å². The number of carbonyl (C=O) groups is 2. The van der Waals surface area contributed by atoms with Crippen LogP contribution in [0.3, 0.4) is 0 Å². The minimum atomic E-state index is -0.535. The highest BCUT2D eigenvalue weighted by atomic mass is 16.6. The van der Waals surface area contributed by atoms with Gasteiger partial charge in [0, 0.05) is 12.1 Å². The van der Waals surface area contributed by atoms with E-state index in [0.717, 1.165) is 0 Å². The lowest BCUT2D eigenvalue weighted by atomic mass is 10.1. The summed E-state index contributed by atoms with van der Waals surface area (Å²) >= 11 is 0. The van der Waals surface area contributed by atoms with Crippen LogP contribution in [0, 0.1) is 0 Å². The monoisotopic (exact) mass is 256 g/mol. The Labute approximate surface area is 107 Å². The van der Waals surface area contributed by atoms with Crippen LogP contribution in [0.5, 0.6) is 0 Å². The molecule has 6 heteroatoms. The van der Waals surface area contributed by atoms with Crippen molar-refractivity contribution in [1.29, 1.82) is 0 Å². The number of amides is 2. The molecular formula is C12H20N2O4. The molecule has 18 heavy (non-hydrogen) atoms. The lowest BCUT2D eigenvalue weighted by molar-refractivity contribution is -0.127. The van der Waals surface area contributed by atoms with Gasteiger partial charge in [-0.2, -0.15) is 0 Å². The lowest BCUT2D eigenvalue weighted by Crippen LogP contribution is -2.42. The predicted molar refractivity (Wildman–Crippen MR) is 65.7 cm³/mol. The van der Waals surface area contributed by atoms with Gasteiger partial charge in [-0.1, -0.05) is 6.08 Å². The van der Waals surface area contributed by atoms with E-state index in [2.05, 4.69) is 10.3 Å². The molecule has 2 amide bonds. The van der Waals surface area contributed by atoms with Gasteiger partial charge in [0.05, 0.1) is 13.7 Å². The zero-order valence-electron chi connectivity index (χ0n) is 11.3. The SMILES string of the molecule is CONC(=O)C1=CCCN(C(=O)OC(C)(C)C)C1. The van der Waals surface area contributed by atoms with Gasteiger partial charge in [-0.25, -0.2) is 10.3 Å². The van der Waals surface area contributed by atoms with Crippen LogP contribution in [0.15, 0.2) is 11.6 Å². The summed E-state index contributed by atoms with van der Waals surface area (Å²) in [6.45, 7) is 6.22. The van der Waals surface area contributed by atoms with E-state index in [9.17, 15) is 9.59 Å². The van der Waals surface area contributed by atoms with Crippen molar-refractivity contribution in [2.45, 2.75) is 32.8 Å². The minimum Gasteiger partial charge on any atom is -0.444 e. The zero-order chi connectivity index (χ0) is 13.8. The van der Waals surface area contributed by atoms with E-state index >= 15 is 0 Å². The molecule has 1 aliphatic heterocycles. The molecule has 0 saturated carbocycles. The number of rotatable bonds is 2. The van der Waals surface area contributed by atoms with Crippen LogP contribution >= 0.6 is 0 Å². The van der Waals surface area contributed by atoms with E-state index in [4.69, 9.17) is 4.74 Å². The predicted octanol–water partition coefficient (Wildman–Crippen LogP) is 1.23. The van der Waals surface area contributed by atoms with Crippen LogP contribution in [0.2, 0.25) is 0 Å². The van der Waals surface area contributed by atoms with Crippen molar-refractivity contribution in [2.75, 3.05) is 20.2 Å². The number of hydrogen-bond donors (Lipinski definition) is 1. The Balaban J connectivity index is 2.59. The maximum atomic E-state index is 11.9. The molecule has 0 aliphatic carbocycles. The summed E-state index contributed by atoms with van der Waals surface area (Å²) in [5.74, 6) is -0.328. The van der Waals surface area contributed by atoms with Gasteiger partial charge in [0.2, 0.25) is 0 Å². The van der Waals surface area contributed by atoms with Crippen LogP contribution < -0.4 is 5.48 Å². The van der Waals surface area contributed by atoms with E-state index < -0.39 is 11.7 Å². The number of carbonyl (C=O) groups excluding carboxylic acids is 2. The third-order valence-corrected chi connectivity index (χ3v) is 2.29. The first-order chi connectivity index (χ1) is 8.33. The summed E-state index contributed by atoms with van der Waals surface area (Å²) in [6.07, 6.45) is 2.03. The number of nitrogens with one attached hydrogen (secondary N) is 1. The second kappa shape index (κ2) is 5.86. The highest BCUT2D eigenvalue weighted by Gasteiger charge is 2.26. The Hall–Kier alpha value is -1.56. The van der Waals surface area contributed by atoms with Gasteiger partial charge in [0.1, 0.15) is 5.60 Å². The van der Waals surface area contributed by atoms with Gasteiger partial charge in [-0.05, 0) is 27.2 Å². The summed E-state index contributed by atoms with van der Waals surface area (Å²) in [7, 11) is 1.37. The van der Waals surface area contributed by atoms with E-state index in [1.807, 2.05) is 20.8 Å². The maximum absolute atomic E-state index is 11.9. The Kier molecular flexibility index (Phi) is 4.72. The van der Waals surface area contributed by atoms with Gasteiger partial charge in [-0.15, -0.1) is 0 Å². The number of nitrogens with zero attached hydrogens (tertiary/aromatic N) is 1. The minimum absolute atomic E-state index is 0.240. The van der Waals surface area contributed by atoms with Crippen LogP contribution in [0.1, 0.15) is 27.2 Å². The largest absolute Gasteiger partial charge is 0.444 e. The number of hydrogen-bond acceptors (Lipinski definition) is 4. The molecule has 0 unspecified atom stereocenters. The standard InChI is InChI=1S/C12H20N2O4/c1-12(2,3)18-11(16)14-7-5-6-9(8-14)10(15)13-17-4/h6H,5,7-8H2,1-4H3,(H,13,15). The molecule has 0 aromatic carbocycles. The van der Waals surface area contributed by atoms with Gasteiger partial charge in [0.15, 0.2) is 0 Å². The van der Waals surface area contributed by atoms with Crippen molar-refractivity contribution in [3.63, 3.8) is 0 Å². The molecular weight excluding hydrogens is 236 g/mol. The molecule has 0 spiro atoms. The molecule has 0 bridgehead atoms. The summed E-state index contributed by atoms with van der Waals surface area (Å²) in [5.41, 5.74) is 2.21. The molecule has 1 rings (SSSR count). The average molecular weight is 256 g/mol. The maximum Gasteiger partial charge on any atom is 0.410 e. The van der Waals surface area contributed by atoms with Crippen molar-refractivity contribution in [3.8, 4) is 0 Å². The molecule has 102 valence electrons. The highest BCUT2D eigenvalue weighted by molar-refractivity contribution is 5.93. The number of ether oxygens (including phenoxy) is 1. The Bertz CT molecular complexity index is 358. The van der Waals surface area contributed by atoms with Crippen molar-refractivity contribution >= 4 is 12.0 Å². The highest BCUT2D eigenvalue weighted by Crippen LogP contribution is 2.15. The normalized spacial score (nSPS) is 16.0. The molecule has 0 aromatic heterocycles. The fraction of sp³-hybridized carbons (Fsp3) is 0.667. The van der Waals surface area contributed by atoms with Crippen LogP contribution in [-0.2, 0) is 14.4 Å². The van der Waals surface area contributed by atoms with Crippen LogP contribution in [0.25, 0.3) is 0 Å². The fourth-order valence-electron chi connectivity index (χ4n) is 1.55. The molecule has 6 nitrogen and oxygen atoms in total. The summed E-state index contributed by atoms with van der Waals surface area (Å²) in [4.78, 5) is 29.5. The fourth-order valence-corrected chi connectivity index (χ4v) is 1.55. The van der Waals surface area contributed by atoms with Crippen molar-refractivity contribution in [2.24, 2.45) is 0 Å². The molecule has 0 atom stereocenters. The molecule has 1 aliphatic rings. The topological polar surface area (TPSA) is 67.9 Å². The van der Waals surface area contributed by atoms with Crippen LogP contribution in [-0.4, -0.2) is 42.7 Å². The van der Waals surface area contributed by atoms with Crippen molar-refractivity contribution < 1.29 is 19.2 Å². The summed E-state index contributed by atoms with van der Waals surface area (Å²) in [5, 5.41) is 0. The molecule has 0 saturated heterocycles. The quantitative estimate of drug-likeness (QED) is 0.755. The third-order valence-electron chi connectivity index (χ3n) is 2.29. The zero-order valence-corrected chi connectivity index (χ0v) is 11.3. The molecule has 0 radical (unpaired) electrons. The number of hydroxylamine groups is 1. The summed E-state index contributed by atoms with van der Waals surface area (Å²) in [6, 6.07) is 0. The summed E-state index contributed by atoms with van der Waals surface area (Å²) < 4.78 is 5.26. The third kappa shape index (κ3) is 4.37. The first kappa shape index (κ1) is 14.5. The van der Waals surface area contributed by atoms with Gasteiger partial charge >= 0.3 is 6.09 Å². The second-order valence-corrected chi connectivity index (χ2v) is 5.06. The smallest absolute Gasteiger partial charge is 0.410 e. The molecule has 1 heterocycles. The van der Waals surface area contributed by atoms with Crippen molar-refractivity contribution in [3.05, 3.63) is 11.6 Å². The van der Waals surface area contributed by atoms with E-state index in [-0.39, 0.29) is 12.5 Å². The van der Waals surface area contributed by atoms with Gasteiger partial charge in [-0.3, -0.25) is 9.63 Å². The average Bonchev–Trinajstić information content (AvgIpc) is 2.27. The Morgan fingerprint density at radius 3 is 2.61 bits per heavy atom. The Morgan fingerprint density at radius 2 is 2.06 bits per heavy atom. The van der Waals surface area contributed by atoms with Gasteiger partial charge in [0.25, 0.3) is 5.91 Å². The molecule has 0 aromatic rings. The van der Waals surface area contributed by atoms with E-state index in [1.54, 1.807) is 6.08 Å². The molecule has 1 N–H and O–H groups in total. The molecule has 0 fully saturated rings. The first-order valence-corrected chi connectivity index (χ1v) is 5.84.